The van der Waals surface area contributed by atoms with Crippen LogP contribution >= 0.6 is 11.3 Å². The second-order valence-corrected chi connectivity index (χ2v) is 12.5. The molecule has 6 aromatic carbocycles. The first-order chi connectivity index (χ1) is 22.3. The van der Waals surface area contributed by atoms with Crippen LogP contribution in [0.25, 0.3) is 92.4 Å². The van der Waals surface area contributed by atoms with Crippen LogP contribution < -0.4 is 0 Å². The van der Waals surface area contributed by atoms with E-state index in [1.54, 1.807) is 0 Å². The number of fused-ring (bicyclic) bond motifs is 9. The van der Waals surface area contributed by atoms with Gasteiger partial charge in [0.25, 0.3) is 0 Å². The minimum Gasteiger partial charge on any atom is -0.455 e. The van der Waals surface area contributed by atoms with Gasteiger partial charge in [0, 0.05) is 53.3 Å². The van der Waals surface area contributed by atoms with Crippen molar-refractivity contribution in [2.75, 3.05) is 0 Å². The summed E-state index contributed by atoms with van der Waals surface area (Å²) >= 11 is 1.85. The molecular weight excluding hydrogens is 571 g/mol. The fraction of sp³-hybridized carbons (Fsp3) is 0. The Hall–Kier alpha value is -5.78. The molecule has 0 N–H and O–H groups in total. The minimum atomic E-state index is 0.629. The maximum absolute atomic E-state index is 6.45. The van der Waals surface area contributed by atoms with E-state index in [1.807, 2.05) is 35.6 Å². The summed E-state index contributed by atoms with van der Waals surface area (Å²) in [6.45, 7) is 0. The number of rotatable bonds is 3. The molecule has 0 atom stereocenters. The standard InChI is InChI=1S/C40H23N3OS/c1-2-11-24(12-3-1)32-23-38(42-40(41-32)29-17-10-16-28-26-14-5-8-19-35(26)44-39(28)29)43-33-18-7-4-13-25(33)30-22-37-31(21-34(30)43)27-15-6-9-20-36(27)45-37/h1-23H. The zero-order valence-electron chi connectivity index (χ0n) is 23.9. The minimum absolute atomic E-state index is 0.629. The van der Waals surface area contributed by atoms with Crippen LogP contribution in [0.1, 0.15) is 0 Å². The van der Waals surface area contributed by atoms with Crippen LogP contribution in [0.4, 0.5) is 0 Å². The van der Waals surface area contributed by atoms with Crippen molar-refractivity contribution in [3.63, 3.8) is 0 Å². The second-order valence-electron chi connectivity index (χ2n) is 11.4. The molecule has 4 nitrogen and oxygen atoms in total. The zero-order chi connectivity index (χ0) is 29.5. The van der Waals surface area contributed by atoms with Gasteiger partial charge < -0.3 is 4.42 Å². The highest BCUT2D eigenvalue weighted by molar-refractivity contribution is 7.25. The molecule has 0 bridgehead atoms. The van der Waals surface area contributed by atoms with Crippen LogP contribution in [0.15, 0.2) is 144 Å². The molecule has 0 saturated heterocycles. The molecule has 0 aliphatic heterocycles. The van der Waals surface area contributed by atoms with E-state index in [2.05, 4.69) is 120 Å². The largest absolute Gasteiger partial charge is 0.455 e. The van der Waals surface area contributed by atoms with Crippen LogP contribution in [0.3, 0.4) is 0 Å². The van der Waals surface area contributed by atoms with Crippen LogP contribution in [0, 0.1) is 0 Å². The first kappa shape index (κ1) is 24.6. The summed E-state index contributed by atoms with van der Waals surface area (Å²) in [5.74, 6) is 1.45. The number of aromatic nitrogens is 3. The van der Waals surface area contributed by atoms with Crippen molar-refractivity contribution in [3.05, 3.63) is 140 Å². The van der Waals surface area contributed by atoms with Gasteiger partial charge >= 0.3 is 0 Å². The Morgan fingerprint density at radius 1 is 0.511 bits per heavy atom. The van der Waals surface area contributed by atoms with Gasteiger partial charge in [-0.15, -0.1) is 11.3 Å². The number of hydrogen-bond donors (Lipinski definition) is 0. The third kappa shape index (κ3) is 3.65. The molecule has 0 spiro atoms. The van der Waals surface area contributed by atoms with E-state index >= 15 is 0 Å². The third-order valence-corrected chi connectivity index (χ3v) is 9.96. The molecule has 45 heavy (non-hydrogen) atoms. The number of benzene rings is 6. The van der Waals surface area contributed by atoms with E-state index in [0.29, 0.717) is 5.82 Å². The summed E-state index contributed by atoms with van der Waals surface area (Å²) in [5, 5.41) is 7.10. The van der Waals surface area contributed by atoms with E-state index in [-0.39, 0.29) is 0 Å². The SMILES string of the molecule is c1ccc(-c2cc(-n3c4ccccc4c4cc5sc6ccccc6c5cc43)nc(-c3cccc4c3oc3ccccc34)n2)cc1. The van der Waals surface area contributed by atoms with Crippen LogP contribution in [0.2, 0.25) is 0 Å². The fourth-order valence-corrected chi connectivity index (χ4v) is 7.91. The monoisotopic (exact) mass is 593 g/mol. The summed E-state index contributed by atoms with van der Waals surface area (Å²) in [6, 6.07) is 48.8. The topological polar surface area (TPSA) is 43.9 Å². The molecule has 10 rings (SSSR count). The highest BCUT2D eigenvalue weighted by Crippen LogP contribution is 2.41. The highest BCUT2D eigenvalue weighted by atomic mass is 32.1. The quantitative estimate of drug-likeness (QED) is 0.205. The molecule has 0 aliphatic rings. The molecule has 0 radical (unpaired) electrons. The molecule has 210 valence electrons. The molecule has 0 saturated carbocycles. The van der Waals surface area contributed by atoms with Gasteiger partial charge in [-0.25, -0.2) is 9.97 Å². The molecule has 0 aliphatic carbocycles. The Bertz CT molecular complexity index is 2770. The molecule has 0 fully saturated rings. The number of thiophene rings is 1. The van der Waals surface area contributed by atoms with E-state index in [9.17, 15) is 0 Å². The average molecular weight is 594 g/mol. The summed E-state index contributed by atoms with van der Waals surface area (Å²) in [7, 11) is 0. The van der Waals surface area contributed by atoms with Crippen molar-refractivity contribution < 1.29 is 4.42 Å². The lowest BCUT2D eigenvalue weighted by Gasteiger charge is -2.12. The van der Waals surface area contributed by atoms with Crippen molar-refractivity contribution in [2.45, 2.75) is 0 Å². The summed E-state index contributed by atoms with van der Waals surface area (Å²) < 4.78 is 11.3. The first-order valence-electron chi connectivity index (χ1n) is 15.0. The lowest BCUT2D eigenvalue weighted by atomic mass is 10.1. The van der Waals surface area contributed by atoms with Gasteiger partial charge in [0.1, 0.15) is 17.0 Å². The van der Waals surface area contributed by atoms with E-state index < -0.39 is 0 Å². The van der Waals surface area contributed by atoms with Gasteiger partial charge in [0.2, 0.25) is 0 Å². The number of nitrogens with zero attached hydrogens (tertiary/aromatic N) is 3. The smallest absolute Gasteiger partial charge is 0.165 e. The zero-order valence-corrected chi connectivity index (χ0v) is 24.8. The van der Waals surface area contributed by atoms with Crippen LogP contribution in [-0.2, 0) is 0 Å². The molecule has 4 aromatic heterocycles. The van der Waals surface area contributed by atoms with Crippen molar-refractivity contribution in [3.8, 4) is 28.5 Å². The maximum Gasteiger partial charge on any atom is 0.165 e. The average Bonchev–Trinajstić information content (AvgIpc) is 3.76. The predicted octanol–water partition coefficient (Wildman–Crippen LogP) is 11.2. The Labute approximate surface area is 261 Å². The maximum atomic E-state index is 6.45. The van der Waals surface area contributed by atoms with Gasteiger partial charge in [0.15, 0.2) is 5.82 Å². The molecular formula is C40H23N3OS. The number of furan rings is 1. The number of para-hydroxylation sites is 3. The van der Waals surface area contributed by atoms with Crippen molar-refractivity contribution >= 4 is 75.3 Å². The van der Waals surface area contributed by atoms with Gasteiger partial charge in [-0.3, -0.25) is 4.57 Å². The van der Waals surface area contributed by atoms with Gasteiger partial charge in [-0.2, -0.15) is 0 Å². The summed E-state index contributed by atoms with van der Waals surface area (Å²) in [4.78, 5) is 10.5. The van der Waals surface area contributed by atoms with Gasteiger partial charge in [0.05, 0.1) is 22.3 Å². The van der Waals surface area contributed by atoms with Gasteiger partial charge in [-0.05, 0) is 36.4 Å². The molecule has 0 amide bonds. The lowest BCUT2D eigenvalue weighted by Crippen LogP contribution is -2.02. The number of hydrogen-bond acceptors (Lipinski definition) is 4. The normalized spacial score (nSPS) is 12.0. The molecule has 10 aromatic rings. The third-order valence-electron chi connectivity index (χ3n) is 8.83. The Morgan fingerprint density at radius 2 is 1.27 bits per heavy atom. The Kier molecular flexibility index (Phi) is 5.12. The first-order valence-corrected chi connectivity index (χ1v) is 15.8. The van der Waals surface area contributed by atoms with Crippen molar-refractivity contribution in [2.24, 2.45) is 0 Å². The lowest BCUT2D eigenvalue weighted by molar-refractivity contribution is 0.669. The predicted molar refractivity (Wildman–Crippen MR) is 187 cm³/mol. The summed E-state index contributed by atoms with van der Waals surface area (Å²) in [6.07, 6.45) is 0. The Balaban J connectivity index is 1.31. The highest BCUT2D eigenvalue weighted by Gasteiger charge is 2.20. The van der Waals surface area contributed by atoms with Gasteiger partial charge in [-0.1, -0.05) is 97.1 Å². The van der Waals surface area contributed by atoms with Crippen LogP contribution in [-0.4, -0.2) is 14.5 Å². The molecule has 4 heterocycles. The Morgan fingerprint density at radius 3 is 2.18 bits per heavy atom. The molecule has 0 unspecified atom stereocenters. The van der Waals surface area contributed by atoms with E-state index in [1.165, 1.54) is 30.9 Å². The van der Waals surface area contributed by atoms with Crippen molar-refractivity contribution in [1.82, 2.24) is 14.5 Å². The fourth-order valence-electron chi connectivity index (χ4n) is 6.78. The molecule has 5 heteroatoms. The van der Waals surface area contributed by atoms with E-state index in [4.69, 9.17) is 14.4 Å². The van der Waals surface area contributed by atoms with Crippen LogP contribution in [0.5, 0.6) is 0 Å². The second kappa shape index (κ2) is 9.36. The summed E-state index contributed by atoms with van der Waals surface area (Å²) in [5.41, 5.74) is 6.65. The van der Waals surface area contributed by atoms with Crippen molar-refractivity contribution in [1.29, 1.82) is 0 Å². The van der Waals surface area contributed by atoms with E-state index in [0.717, 1.165) is 55.6 Å².